The molecule has 0 aliphatic rings. The van der Waals surface area contributed by atoms with Gasteiger partial charge >= 0.3 is 0 Å². The summed E-state index contributed by atoms with van der Waals surface area (Å²) in [5.74, 6) is 0.273. The van der Waals surface area contributed by atoms with Gasteiger partial charge in [0.15, 0.2) is 0 Å². The van der Waals surface area contributed by atoms with Crippen LogP contribution in [-0.2, 0) is 0 Å². The van der Waals surface area contributed by atoms with Crippen molar-refractivity contribution in [2.75, 3.05) is 20.6 Å². The van der Waals surface area contributed by atoms with Crippen molar-refractivity contribution in [3.8, 4) is 0 Å². The first-order valence-electron chi connectivity index (χ1n) is 6.94. The van der Waals surface area contributed by atoms with Gasteiger partial charge in [0.2, 0.25) is 5.56 Å². The van der Waals surface area contributed by atoms with Gasteiger partial charge in [-0.3, -0.25) is 9.59 Å². The zero-order valence-corrected chi connectivity index (χ0v) is 13.0. The maximum Gasteiger partial charge on any atom is 0.268 e. The summed E-state index contributed by atoms with van der Waals surface area (Å²) in [6, 6.07) is 3.24. The normalized spacial score (nSPS) is 12.8. The molecule has 0 saturated carbocycles. The number of hydrogen-bond donors (Lipinski definition) is 2. The van der Waals surface area contributed by atoms with Gasteiger partial charge in [-0.25, -0.2) is 0 Å². The number of aryl methyl sites for hydroxylation is 1. The predicted molar refractivity (Wildman–Crippen MR) is 81.1 cm³/mol. The molecule has 0 aliphatic heterocycles. The lowest BCUT2D eigenvalue weighted by Gasteiger charge is -2.24. The summed E-state index contributed by atoms with van der Waals surface area (Å²) in [7, 11) is 3.96. The van der Waals surface area contributed by atoms with Gasteiger partial charge < -0.3 is 15.2 Å². The van der Waals surface area contributed by atoms with Crippen LogP contribution in [-0.4, -0.2) is 42.5 Å². The lowest BCUT2D eigenvalue weighted by molar-refractivity contribution is 0.0919. The van der Waals surface area contributed by atoms with Crippen LogP contribution in [0, 0.1) is 12.8 Å². The number of amides is 1. The summed E-state index contributed by atoms with van der Waals surface area (Å²) >= 11 is 0. The fourth-order valence-corrected chi connectivity index (χ4v) is 2.26. The molecule has 0 aromatic carbocycles. The highest BCUT2D eigenvalue weighted by Gasteiger charge is 2.16. The number of nitrogens with one attached hydrogen (secondary N) is 2. The van der Waals surface area contributed by atoms with E-state index < -0.39 is 0 Å². The summed E-state index contributed by atoms with van der Waals surface area (Å²) in [6.45, 7) is 6.84. The predicted octanol–water partition coefficient (Wildman–Crippen LogP) is 1.39. The molecule has 1 amide bonds. The van der Waals surface area contributed by atoms with Gasteiger partial charge in [0.05, 0.1) is 0 Å². The fourth-order valence-electron chi connectivity index (χ4n) is 2.26. The Morgan fingerprint density at radius 3 is 2.50 bits per heavy atom. The molecule has 1 aromatic heterocycles. The number of rotatable bonds is 6. The molecule has 2 N–H and O–H groups in total. The second-order valence-corrected chi connectivity index (χ2v) is 6.00. The Labute approximate surface area is 120 Å². The molecule has 1 rings (SSSR count). The molecule has 0 bridgehead atoms. The average molecular weight is 279 g/mol. The lowest BCUT2D eigenvalue weighted by atomic mass is 10.0. The SMILES string of the molecule is Cc1cc(C(=O)NC(CC(C)C)CN(C)C)[nH]c(=O)c1. The standard InChI is InChI=1S/C15H25N3O2/c1-10(2)6-12(9-18(4)5)16-15(20)13-7-11(3)8-14(19)17-13/h7-8,10,12H,6,9H2,1-5H3,(H,16,20)(H,17,19). The van der Waals surface area contributed by atoms with Crippen molar-refractivity contribution in [2.45, 2.75) is 33.2 Å². The molecule has 0 saturated heterocycles. The molecule has 20 heavy (non-hydrogen) atoms. The molecule has 1 unspecified atom stereocenters. The topological polar surface area (TPSA) is 65.2 Å². The fraction of sp³-hybridized carbons (Fsp3) is 0.600. The van der Waals surface area contributed by atoms with E-state index in [9.17, 15) is 9.59 Å². The third kappa shape index (κ3) is 5.57. The highest BCUT2D eigenvalue weighted by atomic mass is 16.2. The third-order valence-corrected chi connectivity index (χ3v) is 2.91. The molecular formula is C15H25N3O2. The minimum atomic E-state index is -0.247. The Morgan fingerprint density at radius 2 is 2.00 bits per heavy atom. The Hall–Kier alpha value is -1.62. The van der Waals surface area contributed by atoms with Crippen LogP contribution < -0.4 is 10.9 Å². The van der Waals surface area contributed by atoms with E-state index in [2.05, 4.69) is 24.1 Å². The number of nitrogens with zero attached hydrogens (tertiary/aromatic N) is 1. The van der Waals surface area contributed by atoms with Crippen molar-refractivity contribution < 1.29 is 4.79 Å². The number of aromatic nitrogens is 1. The smallest absolute Gasteiger partial charge is 0.268 e. The van der Waals surface area contributed by atoms with Crippen LogP contribution in [0.3, 0.4) is 0 Å². The lowest BCUT2D eigenvalue weighted by Crippen LogP contribution is -2.43. The van der Waals surface area contributed by atoms with Gasteiger partial charge in [0.1, 0.15) is 5.69 Å². The minimum Gasteiger partial charge on any atom is -0.347 e. The molecule has 112 valence electrons. The molecule has 1 atom stereocenters. The van der Waals surface area contributed by atoms with E-state index in [-0.39, 0.29) is 17.5 Å². The van der Waals surface area contributed by atoms with E-state index >= 15 is 0 Å². The molecule has 5 heteroatoms. The maximum atomic E-state index is 12.2. The molecule has 5 nitrogen and oxygen atoms in total. The van der Waals surface area contributed by atoms with E-state index in [1.165, 1.54) is 6.07 Å². The highest BCUT2D eigenvalue weighted by molar-refractivity contribution is 5.92. The number of likely N-dealkylation sites (N-methyl/N-ethyl adjacent to an activating group) is 1. The summed E-state index contributed by atoms with van der Waals surface area (Å²) < 4.78 is 0. The first kappa shape index (κ1) is 16.4. The molecule has 0 fully saturated rings. The van der Waals surface area contributed by atoms with E-state index in [0.29, 0.717) is 11.6 Å². The van der Waals surface area contributed by atoms with Crippen molar-refractivity contribution in [2.24, 2.45) is 5.92 Å². The number of carbonyl (C=O) groups is 1. The summed E-state index contributed by atoms with van der Waals surface area (Å²) in [4.78, 5) is 28.3. The van der Waals surface area contributed by atoms with E-state index in [0.717, 1.165) is 18.5 Å². The first-order valence-corrected chi connectivity index (χ1v) is 6.94. The summed E-state index contributed by atoms with van der Waals surface area (Å²) in [5, 5.41) is 3.00. The van der Waals surface area contributed by atoms with E-state index in [1.807, 2.05) is 19.0 Å². The largest absolute Gasteiger partial charge is 0.347 e. The molecule has 1 heterocycles. The van der Waals surface area contributed by atoms with Gasteiger partial charge in [-0.05, 0) is 45.0 Å². The van der Waals surface area contributed by atoms with Crippen molar-refractivity contribution >= 4 is 5.91 Å². The van der Waals surface area contributed by atoms with Crippen molar-refractivity contribution in [3.63, 3.8) is 0 Å². The summed E-state index contributed by atoms with van der Waals surface area (Å²) in [6.07, 6.45) is 0.903. The number of pyridine rings is 1. The Morgan fingerprint density at radius 1 is 1.35 bits per heavy atom. The van der Waals surface area contributed by atoms with Crippen LogP contribution in [0.4, 0.5) is 0 Å². The Balaban J connectivity index is 2.81. The van der Waals surface area contributed by atoms with Crippen LogP contribution >= 0.6 is 0 Å². The molecule has 0 aliphatic carbocycles. The molecular weight excluding hydrogens is 254 g/mol. The van der Waals surface area contributed by atoms with Gasteiger partial charge in [-0.15, -0.1) is 0 Å². The highest BCUT2D eigenvalue weighted by Crippen LogP contribution is 2.07. The van der Waals surface area contributed by atoms with Crippen LogP contribution in [0.25, 0.3) is 0 Å². The van der Waals surface area contributed by atoms with E-state index in [1.54, 1.807) is 13.0 Å². The van der Waals surface area contributed by atoms with E-state index in [4.69, 9.17) is 0 Å². The van der Waals surface area contributed by atoms with Gasteiger partial charge in [-0.2, -0.15) is 0 Å². The quantitative estimate of drug-likeness (QED) is 0.827. The second kappa shape index (κ2) is 7.24. The molecule has 0 radical (unpaired) electrons. The van der Waals surface area contributed by atoms with Crippen LogP contribution in [0.1, 0.15) is 36.3 Å². The second-order valence-electron chi connectivity index (χ2n) is 6.00. The summed E-state index contributed by atoms with van der Waals surface area (Å²) in [5.41, 5.74) is 0.859. The minimum absolute atomic E-state index is 0.0708. The number of carbonyl (C=O) groups excluding carboxylic acids is 1. The zero-order valence-electron chi connectivity index (χ0n) is 13.0. The third-order valence-electron chi connectivity index (χ3n) is 2.91. The monoisotopic (exact) mass is 279 g/mol. The zero-order chi connectivity index (χ0) is 15.3. The number of aromatic amines is 1. The van der Waals surface area contributed by atoms with Crippen molar-refractivity contribution in [3.05, 3.63) is 33.7 Å². The number of H-pyrrole nitrogens is 1. The van der Waals surface area contributed by atoms with Gasteiger partial charge in [0, 0.05) is 18.7 Å². The Kier molecular flexibility index (Phi) is 5.95. The Bertz CT molecular complexity index is 496. The number of hydrogen-bond acceptors (Lipinski definition) is 3. The maximum absolute atomic E-state index is 12.2. The molecule has 0 spiro atoms. The average Bonchev–Trinajstić information content (AvgIpc) is 2.25. The van der Waals surface area contributed by atoms with Crippen LogP contribution in [0.15, 0.2) is 16.9 Å². The van der Waals surface area contributed by atoms with Crippen LogP contribution in [0.2, 0.25) is 0 Å². The molecule has 1 aromatic rings. The first-order chi connectivity index (χ1) is 9.27. The van der Waals surface area contributed by atoms with Crippen LogP contribution in [0.5, 0.6) is 0 Å². The van der Waals surface area contributed by atoms with Gasteiger partial charge in [-0.1, -0.05) is 13.8 Å². The van der Waals surface area contributed by atoms with Gasteiger partial charge in [0.25, 0.3) is 5.91 Å². The van der Waals surface area contributed by atoms with Crippen molar-refractivity contribution in [1.29, 1.82) is 0 Å². The van der Waals surface area contributed by atoms with Crippen molar-refractivity contribution in [1.82, 2.24) is 15.2 Å².